The van der Waals surface area contributed by atoms with Gasteiger partial charge in [-0.05, 0) is 37.0 Å². The Balaban J connectivity index is 1.91. The lowest BCUT2D eigenvalue weighted by Crippen LogP contribution is -2.39. The van der Waals surface area contributed by atoms with Crippen molar-refractivity contribution in [3.63, 3.8) is 0 Å². The molecule has 1 N–H and O–H groups in total. The second-order valence-electron chi connectivity index (χ2n) is 5.22. The predicted octanol–water partition coefficient (Wildman–Crippen LogP) is 2.92. The molecule has 0 radical (unpaired) electrons. The average Bonchev–Trinajstić information content (AvgIpc) is 2.00. The maximum Gasteiger partial charge on any atom is 0.306 e. The highest BCUT2D eigenvalue weighted by Crippen LogP contribution is 2.46. The third-order valence-corrected chi connectivity index (χ3v) is 4.23. The maximum atomic E-state index is 10.9. The van der Waals surface area contributed by atoms with E-state index >= 15 is 0 Å². The lowest BCUT2D eigenvalue weighted by molar-refractivity contribution is -0.150. The van der Waals surface area contributed by atoms with Crippen molar-refractivity contribution in [1.29, 1.82) is 0 Å². The summed E-state index contributed by atoms with van der Waals surface area (Å²) in [5, 5.41) is 9.00. The molecule has 0 aromatic heterocycles. The Morgan fingerprint density at radius 1 is 1.21 bits per heavy atom. The number of rotatable bonds is 2. The summed E-state index contributed by atoms with van der Waals surface area (Å²) < 4.78 is 0. The molecule has 2 rings (SSSR count). The largest absolute Gasteiger partial charge is 0.481 e. The fourth-order valence-electron chi connectivity index (χ4n) is 3.27. The van der Waals surface area contributed by atoms with E-state index in [1.165, 1.54) is 25.7 Å². The monoisotopic (exact) mass is 196 g/mol. The number of hydrogen-bond acceptors (Lipinski definition) is 1. The third-order valence-electron chi connectivity index (χ3n) is 4.23. The van der Waals surface area contributed by atoms with Crippen molar-refractivity contribution < 1.29 is 9.90 Å². The van der Waals surface area contributed by atoms with E-state index in [0.29, 0.717) is 11.8 Å². The first-order chi connectivity index (χ1) is 6.68. The van der Waals surface area contributed by atoms with E-state index in [9.17, 15) is 4.79 Å². The minimum Gasteiger partial charge on any atom is -0.481 e. The minimum atomic E-state index is -0.556. The molecule has 0 aromatic carbocycles. The first-order valence-corrected chi connectivity index (χ1v) is 5.91. The van der Waals surface area contributed by atoms with Gasteiger partial charge in [0.25, 0.3) is 0 Å². The van der Waals surface area contributed by atoms with Crippen LogP contribution in [0, 0.1) is 23.7 Å². The van der Waals surface area contributed by atoms with E-state index in [0.717, 1.165) is 18.8 Å². The summed E-state index contributed by atoms with van der Waals surface area (Å²) >= 11 is 0. The molecule has 0 heterocycles. The number of carboxylic acid groups (broad SMARTS) is 1. The van der Waals surface area contributed by atoms with E-state index in [-0.39, 0.29) is 5.92 Å². The lowest BCUT2D eigenvalue weighted by Gasteiger charge is -2.42. The first-order valence-electron chi connectivity index (χ1n) is 5.91. The zero-order chi connectivity index (χ0) is 10.1. The Hall–Kier alpha value is -0.530. The van der Waals surface area contributed by atoms with Crippen LogP contribution in [0.25, 0.3) is 0 Å². The van der Waals surface area contributed by atoms with Gasteiger partial charge in [-0.3, -0.25) is 4.79 Å². The highest BCUT2D eigenvalue weighted by molar-refractivity contribution is 5.71. The molecule has 80 valence electrons. The van der Waals surface area contributed by atoms with Gasteiger partial charge < -0.3 is 5.11 Å². The summed E-state index contributed by atoms with van der Waals surface area (Å²) in [4.78, 5) is 10.9. The van der Waals surface area contributed by atoms with Crippen LogP contribution in [0.5, 0.6) is 0 Å². The second kappa shape index (κ2) is 3.92. The summed E-state index contributed by atoms with van der Waals surface area (Å²) in [7, 11) is 0. The van der Waals surface area contributed by atoms with Crippen molar-refractivity contribution in [2.75, 3.05) is 0 Å². The molecule has 0 amide bonds. The van der Waals surface area contributed by atoms with E-state index < -0.39 is 5.97 Å². The molecule has 0 bridgehead atoms. The number of hydrogen-bond donors (Lipinski definition) is 1. The number of carboxylic acids is 1. The first kappa shape index (κ1) is 10.0. The smallest absolute Gasteiger partial charge is 0.306 e. The van der Waals surface area contributed by atoms with Gasteiger partial charge in [-0.2, -0.15) is 0 Å². The molecule has 2 fully saturated rings. The van der Waals surface area contributed by atoms with Crippen LogP contribution in [0.3, 0.4) is 0 Å². The molecule has 0 saturated heterocycles. The molecule has 14 heavy (non-hydrogen) atoms. The van der Waals surface area contributed by atoms with Crippen LogP contribution in [-0.4, -0.2) is 11.1 Å². The summed E-state index contributed by atoms with van der Waals surface area (Å²) in [6.45, 7) is 2.31. The molecule has 2 nitrogen and oxygen atoms in total. The number of carbonyl (C=O) groups is 1. The molecule has 2 aliphatic carbocycles. The Morgan fingerprint density at radius 3 is 2.50 bits per heavy atom. The molecular weight excluding hydrogens is 176 g/mol. The van der Waals surface area contributed by atoms with Crippen LogP contribution >= 0.6 is 0 Å². The quantitative estimate of drug-likeness (QED) is 0.737. The van der Waals surface area contributed by atoms with Crippen molar-refractivity contribution in [1.82, 2.24) is 0 Å². The summed E-state index contributed by atoms with van der Waals surface area (Å²) in [6.07, 6.45) is 7.29. The van der Waals surface area contributed by atoms with Gasteiger partial charge in [-0.15, -0.1) is 0 Å². The fraction of sp³-hybridized carbons (Fsp3) is 0.917. The Bertz CT molecular complexity index is 224. The molecule has 4 unspecified atom stereocenters. The van der Waals surface area contributed by atoms with Gasteiger partial charge in [0.1, 0.15) is 0 Å². The van der Waals surface area contributed by atoms with Gasteiger partial charge in [-0.1, -0.05) is 26.2 Å². The van der Waals surface area contributed by atoms with Crippen molar-refractivity contribution in [3.05, 3.63) is 0 Å². The normalized spacial score (nSPS) is 42.9. The van der Waals surface area contributed by atoms with Gasteiger partial charge in [0.15, 0.2) is 0 Å². The van der Waals surface area contributed by atoms with Gasteiger partial charge in [-0.25, -0.2) is 0 Å². The van der Waals surface area contributed by atoms with Crippen molar-refractivity contribution in [2.24, 2.45) is 23.7 Å². The van der Waals surface area contributed by atoms with Crippen LogP contribution in [0.2, 0.25) is 0 Å². The molecule has 0 aliphatic heterocycles. The molecular formula is C12H20O2. The van der Waals surface area contributed by atoms with E-state index in [1.807, 2.05) is 0 Å². The van der Waals surface area contributed by atoms with Crippen LogP contribution in [0.15, 0.2) is 0 Å². The van der Waals surface area contributed by atoms with E-state index in [1.54, 1.807) is 0 Å². The van der Waals surface area contributed by atoms with Crippen molar-refractivity contribution in [3.8, 4) is 0 Å². The number of aliphatic carboxylic acids is 1. The summed E-state index contributed by atoms with van der Waals surface area (Å²) in [5.74, 6) is 1.48. The minimum absolute atomic E-state index is 0.00898. The summed E-state index contributed by atoms with van der Waals surface area (Å²) in [5.41, 5.74) is 0. The van der Waals surface area contributed by atoms with Gasteiger partial charge >= 0.3 is 5.97 Å². The van der Waals surface area contributed by atoms with E-state index in [2.05, 4.69) is 6.92 Å². The SMILES string of the molecule is CC1CCCC(C2CCC2C(=O)O)C1. The van der Waals surface area contributed by atoms with Gasteiger partial charge in [0.05, 0.1) is 5.92 Å². The van der Waals surface area contributed by atoms with E-state index in [4.69, 9.17) is 5.11 Å². The second-order valence-corrected chi connectivity index (χ2v) is 5.22. The Kier molecular flexibility index (Phi) is 2.80. The predicted molar refractivity (Wildman–Crippen MR) is 55.0 cm³/mol. The molecule has 0 spiro atoms. The zero-order valence-electron chi connectivity index (χ0n) is 8.91. The Morgan fingerprint density at radius 2 is 2.00 bits per heavy atom. The topological polar surface area (TPSA) is 37.3 Å². The maximum absolute atomic E-state index is 10.9. The van der Waals surface area contributed by atoms with Gasteiger partial charge in [0.2, 0.25) is 0 Å². The molecule has 2 aliphatic rings. The lowest BCUT2D eigenvalue weighted by atomic mass is 9.62. The Labute approximate surface area is 85.7 Å². The standard InChI is InChI=1S/C12H20O2/c1-8-3-2-4-9(7-8)10-5-6-11(10)12(13)14/h8-11H,2-7H2,1H3,(H,13,14). The van der Waals surface area contributed by atoms with Gasteiger partial charge in [0, 0.05) is 0 Å². The van der Waals surface area contributed by atoms with Crippen molar-refractivity contribution in [2.45, 2.75) is 45.4 Å². The van der Waals surface area contributed by atoms with Crippen LogP contribution in [0.1, 0.15) is 45.4 Å². The van der Waals surface area contributed by atoms with Crippen LogP contribution in [0.4, 0.5) is 0 Å². The molecule has 2 saturated carbocycles. The third kappa shape index (κ3) is 1.79. The summed E-state index contributed by atoms with van der Waals surface area (Å²) in [6, 6.07) is 0. The highest BCUT2D eigenvalue weighted by Gasteiger charge is 2.42. The fourth-order valence-corrected chi connectivity index (χ4v) is 3.27. The van der Waals surface area contributed by atoms with Crippen molar-refractivity contribution >= 4 is 5.97 Å². The molecule has 0 aromatic rings. The molecule has 4 atom stereocenters. The van der Waals surface area contributed by atoms with Crippen LogP contribution in [-0.2, 0) is 4.79 Å². The average molecular weight is 196 g/mol. The highest BCUT2D eigenvalue weighted by atomic mass is 16.4. The zero-order valence-corrected chi connectivity index (χ0v) is 8.91. The molecule has 2 heteroatoms. The van der Waals surface area contributed by atoms with Crippen LogP contribution < -0.4 is 0 Å².